The second kappa shape index (κ2) is 5.85. The lowest BCUT2D eigenvalue weighted by molar-refractivity contribution is -0.146. The summed E-state index contributed by atoms with van der Waals surface area (Å²) in [6, 6.07) is 7.66. The third kappa shape index (κ3) is 2.78. The summed E-state index contributed by atoms with van der Waals surface area (Å²) in [5.74, 6) is -1.22. The highest BCUT2D eigenvalue weighted by Crippen LogP contribution is 2.26. The molecule has 1 aromatic carbocycles. The van der Waals surface area contributed by atoms with Crippen LogP contribution in [0.3, 0.4) is 0 Å². The van der Waals surface area contributed by atoms with Crippen molar-refractivity contribution in [3.63, 3.8) is 0 Å². The fraction of sp³-hybridized carbons (Fsp3) is 0.500. The molecule has 1 fully saturated rings. The van der Waals surface area contributed by atoms with Crippen molar-refractivity contribution in [2.24, 2.45) is 5.92 Å². The number of aliphatic carboxylic acids is 1. The number of carbonyl (C=O) groups is 2. The Hall–Kier alpha value is -1.88. The number of hydrogen-bond donors (Lipinski definition) is 2. The molecule has 0 saturated carbocycles. The van der Waals surface area contributed by atoms with Crippen molar-refractivity contribution in [2.45, 2.75) is 25.3 Å². The van der Waals surface area contributed by atoms with Crippen molar-refractivity contribution in [3.05, 3.63) is 35.4 Å². The highest BCUT2D eigenvalue weighted by molar-refractivity contribution is 5.85. The number of amides is 1. The summed E-state index contributed by atoms with van der Waals surface area (Å²) in [5, 5.41) is 12.4. The van der Waals surface area contributed by atoms with E-state index in [1.807, 2.05) is 18.2 Å². The van der Waals surface area contributed by atoms with Gasteiger partial charge in [0.05, 0.1) is 5.92 Å². The third-order valence-electron chi connectivity index (χ3n) is 4.44. The summed E-state index contributed by atoms with van der Waals surface area (Å²) < 4.78 is 0. The van der Waals surface area contributed by atoms with Crippen LogP contribution >= 0.6 is 0 Å². The Bertz CT molecular complexity index is 558. The van der Waals surface area contributed by atoms with Crippen LogP contribution in [0.5, 0.6) is 0 Å². The van der Waals surface area contributed by atoms with E-state index in [0.717, 1.165) is 24.9 Å². The molecule has 5 heteroatoms. The van der Waals surface area contributed by atoms with E-state index < -0.39 is 11.9 Å². The molecule has 1 saturated heterocycles. The first-order valence-corrected chi connectivity index (χ1v) is 7.49. The smallest absolute Gasteiger partial charge is 0.308 e. The number of carboxylic acid groups (broad SMARTS) is 1. The zero-order valence-electron chi connectivity index (χ0n) is 11.9. The largest absolute Gasteiger partial charge is 0.481 e. The van der Waals surface area contributed by atoms with Gasteiger partial charge in [-0.05, 0) is 30.4 Å². The van der Waals surface area contributed by atoms with Crippen molar-refractivity contribution in [2.75, 3.05) is 19.6 Å². The summed E-state index contributed by atoms with van der Waals surface area (Å²) in [6.07, 6.45) is 2.35. The first-order chi connectivity index (χ1) is 10.2. The number of fused-ring (bicyclic) bond motifs is 1. The predicted octanol–water partition coefficient (Wildman–Crippen LogP) is 1.20. The van der Waals surface area contributed by atoms with Crippen molar-refractivity contribution in [3.8, 4) is 0 Å². The van der Waals surface area contributed by atoms with Gasteiger partial charge in [0, 0.05) is 19.6 Å². The Morgan fingerprint density at radius 3 is 2.90 bits per heavy atom. The number of carbonyl (C=O) groups excluding carboxylic acids is 1. The minimum absolute atomic E-state index is 0.00750. The Kier molecular flexibility index (Phi) is 3.92. The molecule has 2 aliphatic heterocycles. The van der Waals surface area contributed by atoms with Crippen LogP contribution in [0.15, 0.2) is 24.3 Å². The van der Waals surface area contributed by atoms with Crippen molar-refractivity contribution < 1.29 is 14.7 Å². The Morgan fingerprint density at radius 1 is 1.29 bits per heavy atom. The van der Waals surface area contributed by atoms with Crippen LogP contribution in [0, 0.1) is 5.92 Å². The summed E-state index contributed by atoms with van der Waals surface area (Å²) >= 11 is 0. The summed E-state index contributed by atoms with van der Waals surface area (Å²) in [7, 11) is 0. The Labute approximate surface area is 123 Å². The molecule has 2 atom stereocenters. The molecule has 2 aliphatic rings. The van der Waals surface area contributed by atoms with Crippen LogP contribution in [0.1, 0.15) is 30.0 Å². The number of rotatable bonds is 2. The van der Waals surface area contributed by atoms with E-state index in [-0.39, 0.29) is 11.9 Å². The summed E-state index contributed by atoms with van der Waals surface area (Å²) in [5.41, 5.74) is 2.24. The standard InChI is InChI=1S/C16H20N2O3/c19-15(18-9-3-5-12(10-18)16(20)21)14-13-6-2-1-4-11(13)7-8-17-14/h1-2,4,6,12,14,17H,3,5,7-10H2,(H,20,21). The molecule has 0 radical (unpaired) electrons. The van der Waals surface area contributed by atoms with Gasteiger partial charge in [-0.25, -0.2) is 0 Å². The van der Waals surface area contributed by atoms with Crippen LogP contribution in [-0.2, 0) is 16.0 Å². The zero-order chi connectivity index (χ0) is 14.8. The highest BCUT2D eigenvalue weighted by atomic mass is 16.4. The molecule has 112 valence electrons. The van der Waals surface area contributed by atoms with Crippen LogP contribution in [-0.4, -0.2) is 41.5 Å². The van der Waals surface area contributed by atoms with Gasteiger partial charge in [0.25, 0.3) is 0 Å². The minimum Gasteiger partial charge on any atom is -0.481 e. The molecular formula is C16H20N2O3. The molecule has 5 nitrogen and oxygen atoms in total. The molecular weight excluding hydrogens is 268 g/mol. The number of nitrogens with zero attached hydrogens (tertiary/aromatic N) is 1. The van der Waals surface area contributed by atoms with E-state index in [0.29, 0.717) is 19.5 Å². The Balaban J connectivity index is 1.78. The second-order valence-corrected chi connectivity index (χ2v) is 5.80. The normalized spacial score (nSPS) is 25.2. The number of hydrogen-bond acceptors (Lipinski definition) is 3. The first kappa shape index (κ1) is 14.1. The fourth-order valence-electron chi connectivity index (χ4n) is 3.29. The lowest BCUT2D eigenvalue weighted by Gasteiger charge is -2.35. The number of nitrogens with one attached hydrogen (secondary N) is 1. The van der Waals surface area contributed by atoms with E-state index in [9.17, 15) is 9.59 Å². The van der Waals surface area contributed by atoms with Crippen LogP contribution in [0.4, 0.5) is 0 Å². The monoisotopic (exact) mass is 288 g/mol. The molecule has 0 aromatic heterocycles. The number of likely N-dealkylation sites (tertiary alicyclic amines) is 1. The lowest BCUT2D eigenvalue weighted by atomic mass is 9.92. The van der Waals surface area contributed by atoms with Crippen LogP contribution in [0.25, 0.3) is 0 Å². The molecule has 3 rings (SSSR count). The number of carboxylic acids is 1. The van der Waals surface area contributed by atoms with Gasteiger partial charge in [0.2, 0.25) is 5.91 Å². The maximum absolute atomic E-state index is 12.8. The van der Waals surface area contributed by atoms with E-state index >= 15 is 0 Å². The van der Waals surface area contributed by atoms with Gasteiger partial charge in [-0.1, -0.05) is 24.3 Å². The molecule has 2 N–H and O–H groups in total. The van der Waals surface area contributed by atoms with Crippen molar-refractivity contribution in [1.29, 1.82) is 0 Å². The van der Waals surface area contributed by atoms with Gasteiger partial charge in [0.1, 0.15) is 6.04 Å². The van der Waals surface area contributed by atoms with Crippen LogP contribution in [0.2, 0.25) is 0 Å². The molecule has 1 amide bonds. The number of piperidine rings is 1. The topological polar surface area (TPSA) is 69.6 Å². The first-order valence-electron chi connectivity index (χ1n) is 7.49. The minimum atomic E-state index is -0.801. The van der Waals surface area contributed by atoms with E-state index in [1.54, 1.807) is 4.90 Å². The average molecular weight is 288 g/mol. The number of benzene rings is 1. The van der Waals surface area contributed by atoms with Gasteiger partial charge in [-0.2, -0.15) is 0 Å². The average Bonchev–Trinajstić information content (AvgIpc) is 2.53. The van der Waals surface area contributed by atoms with E-state index in [4.69, 9.17) is 5.11 Å². The molecule has 2 unspecified atom stereocenters. The van der Waals surface area contributed by atoms with Crippen molar-refractivity contribution >= 4 is 11.9 Å². The fourth-order valence-corrected chi connectivity index (χ4v) is 3.29. The molecule has 2 heterocycles. The summed E-state index contributed by atoms with van der Waals surface area (Å²) in [6.45, 7) is 1.76. The van der Waals surface area contributed by atoms with Gasteiger partial charge in [-0.15, -0.1) is 0 Å². The van der Waals surface area contributed by atoms with Gasteiger partial charge in [0.15, 0.2) is 0 Å². The second-order valence-electron chi connectivity index (χ2n) is 5.80. The Morgan fingerprint density at radius 2 is 2.10 bits per heavy atom. The van der Waals surface area contributed by atoms with Gasteiger partial charge < -0.3 is 15.3 Å². The SMILES string of the molecule is O=C(O)C1CCCN(C(=O)C2NCCc3ccccc32)C1. The maximum Gasteiger partial charge on any atom is 0.308 e. The van der Waals surface area contributed by atoms with Crippen molar-refractivity contribution in [1.82, 2.24) is 10.2 Å². The van der Waals surface area contributed by atoms with Crippen LogP contribution < -0.4 is 5.32 Å². The molecule has 0 spiro atoms. The highest BCUT2D eigenvalue weighted by Gasteiger charge is 2.34. The zero-order valence-corrected chi connectivity index (χ0v) is 11.9. The van der Waals surface area contributed by atoms with E-state index in [1.165, 1.54) is 5.56 Å². The molecule has 1 aromatic rings. The predicted molar refractivity (Wildman–Crippen MR) is 77.8 cm³/mol. The van der Waals surface area contributed by atoms with Gasteiger partial charge >= 0.3 is 5.97 Å². The summed E-state index contributed by atoms with van der Waals surface area (Å²) in [4.78, 5) is 25.6. The maximum atomic E-state index is 12.8. The van der Waals surface area contributed by atoms with E-state index in [2.05, 4.69) is 11.4 Å². The third-order valence-corrected chi connectivity index (χ3v) is 4.44. The molecule has 0 aliphatic carbocycles. The molecule has 0 bridgehead atoms. The lowest BCUT2D eigenvalue weighted by Crippen LogP contribution is -2.48. The van der Waals surface area contributed by atoms with Gasteiger partial charge in [-0.3, -0.25) is 9.59 Å². The quantitative estimate of drug-likeness (QED) is 0.858. The molecule has 21 heavy (non-hydrogen) atoms.